The maximum absolute atomic E-state index is 12.7. The van der Waals surface area contributed by atoms with Crippen molar-refractivity contribution in [2.75, 3.05) is 6.54 Å². The minimum atomic E-state index is -0.280. The normalized spacial score (nSPS) is 11.7. The second-order valence-corrected chi connectivity index (χ2v) is 5.96. The van der Waals surface area contributed by atoms with Gasteiger partial charge in [-0.25, -0.2) is 9.78 Å². The number of hydrogen-bond donors (Lipinski definition) is 1. The molecule has 2 aromatic heterocycles. The van der Waals surface area contributed by atoms with Gasteiger partial charge in [-0.15, -0.1) is 0 Å². The van der Waals surface area contributed by atoms with E-state index in [9.17, 15) is 9.59 Å². The van der Waals surface area contributed by atoms with E-state index in [2.05, 4.69) is 4.98 Å². The van der Waals surface area contributed by atoms with Gasteiger partial charge in [0, 0.05) is 19.6 Å². The number of hydrogen-bond acceptors (Lipinski definition) is 4. The summed E-state index contributed by atoms with van der Waals surface area (Å²) >= 11 is 0. The Morgan fingerprint density at radius 2 is 1.86 bits per heavy atom. The molecular formula is C15H25N5O2. The van der Waals surface area contributed by atoms with Crippen molar-refractivity contribution in [2.24, 2.45) is 11.7 Å². The molecule has 0 amide bonds. The van der Waals surface area contributed by atoms with Gasteiger partial charge in [0.25, 0.3) is 5.56 Å². The zero-order valence-electron chi connectivity index (χ0n) is 13.8. The van der Waals surface area contributed by atoms with Crippen molar-refractivity contribution in [3.63, 3.8) is 0 Å². The highest BCUT2D eigenvalue weighted by Gasteiger charge is 2.19. The number of rotatable bonds is 6. The molecule has 0 saturated heterocycles. The molecule has 0 aliphatic carbocycles. The fourth-order valence-electron chi connectivity index (χ4n) is 2.73. The third-order valence-corrected chi connectivity index (χ3v) is 3.76. The summed E-state index contributed by atoms with van der Waals surface area (Å²) in [6, 6.07) is 0. The van der Waals surface area contributed by atoms with Crippen molar-refractivity contribution in [1.29, 1.82) is 0 Å². The van der Waals surface area contributed by atoms with E-state index >= 15 is 0 Å². The van der Waals surface area contributed by atoms with E-state index < -0.39 is 0 Å². The molecule has 0 aliphatic heterocycles. The van der Waals surface area contributed by atoms with Gasteiger partial charge in [-0.2, -0.15) is 0 Å². The van der Waals surface area contributed by atoms with Crippen LogP contribution in [-0.2, 0) is 19.6 Å². The van der Waals surface area contributed by atoms with Gasteiger partial charge >= 0.3 is 5.69 Å². The molecule has 0 bridgehead atoms. The number of nitrogens with zero attached hydrogens (tertiary/aromatic N) is 4. The molecule has 2 aromatic rings. The molecule has 2 N–H and O–H groups in total. The molecule has 0 aromatic carbocycles. The molecule has 2 rings (SSSR count). The van der Waals surface area contributed by atoms with Crippen molar-refractivity contribution in [3.05, 3.63) is 26.7 Å². The second-order valence-electron chi connectivity index (χ2n) is 5.96. The number of fused-ring (bicyclic) bond motifs is 1. The van der Waals surface area contributed by atoms with Gasteiger partial charge in [0.05, 0.1) is 0 Å². The van der Waals surface area contributed by atoms with Crippen LogP contribution in [0.25, 0.3) is 11.2 Å². The van der Waals surface area contributed by atoms with Crippen LogP contribution in [0.4, 0.5) is 0 Å². The summed E-state index contributed by atoms with van der Waals surface area (Å²) in [5, 5.41) is 0. The second kappa shape index (κ2) is 6.48. The monoisotopic (exact) mass is 307 g/mol. The summed E-state index contributed by atoms with van der Waals surface area (Å²) in [6.07, 6.45) is 0.765. The van der Waals surface area contributed by atoms with E-state index in [1.807, 2.05) is 32.3 Å². The van der Waals surface area contributed by atoms with Crippen LogP contribution in [0.15, 0.2) is 9.59 Å². The summed E-state index contributed by atoms with van der Waals surface area (Å²) in [4.78, 5) is 29.7. The Balaban J connectivity index is 2.84. The summed E-state index contributed by atoms with van der Waals surface area (Å²) in [6.45, 7) is 9.83. The standard InChI is InChI=1S/C15H25N5O2/c1-5-18-14(21)12-13(20(15(18)22)9-10(2)3)17-11(4)19(12)8-6-7-16/h10H,5-9,16H2,1-4H3. The van der Waals surface area contributed by atoms with Crippen molar-refractivity contribution >= 4 is 11.2 Å². The first-order chi connectivity index (χ1) is 10.4. The molecule has 122 valence electrons. The molecular weight excluding hydrogens is 282 g/mol. The number of aryl methyl sites for hydroxylation is 2. The van der Waals surface area contributed by atoms with E-state index in [0.29, 0.717) is 43.3 Å². The maximum Gasteiger partial charge on any atom is 0.332 e. The van der Waals surface area contributed by atoms with E-state index in [-0.39, 0.29) is 11.2 Å². The lowest BCUT2D eigenvalue weighted by Crippen LogP contribution is -2.40. The number of aromatic nitrogens is 4. The summed E-state index contributed by atoms with van der Waals surface area (Å²) in [5.74, 6) is 1.03. The van der Waals surface area contributed by atoms with Gasteiger partial charge in [0.15, 0.2) is 11.2 Å². The minimum absolute atomic E-state index is 0.264. The lowest BCUT2D eigenvalue weighted by atomic mass is 10.2. The van der Waals surface area contributed by atoms with Crippen molar-refractivity contribution < 1.29 is 0 Å². The molecule has 7 nitrogen and oxygen atoms in total. The quantitative estimate of drug-likeness (QED) is 0.850. The zero-order chi connectivity index (χ0) is 16.4. The van der Waals surface area contributed by atoms with Gasteiger partial charge in [-0.3, -0.25) is 13.9 Å². The molecule has 0 spiro atoms. The van der Waals surface area contributed by atoms with Crippen molar-refractivity contribution in [3.8, 4) is 0 Å². The fraction of sp³-hybridized carbons (Fsp3) is 0.667. The lowest BCUT2D eigenvalue weighted by Gasteiger charge is -2.13. The number of nitrogens with two attached hydrogens (primary N) is 1. The highest BCUT2D eigenvalue weighted by Crippen LogP contribution is 2.13. The fourth-order valence-corrected chi connectivity index (χ4v) is 2.73. The van der Waals surface area contributed by atoms with Gasteiger partial charge in [0.1, 0.15) is 5.82 Å². The predicted octanol–water partition coefficient (Wildman–Crippen LogP) is 0.693. The molecule has 0 saturated carbocycles. The SMILES string of the molecule is CCn1c(=O)c2c(nc(C)n2CCCN)n(CC(C)C)c1=O. The zero-order valence-corrected chi connectivity index (χ0v) is 13.8. The average molecular weight is 307 g/mol. The van der Waals surface area contributed by atoms with E-state index in [4.69, 9.17) is 5.73 Å². The third kappa shape index (κ3) is 2.72. The van der Waals surface area contributed by atoms with Gasteiger partial charge in [0.2, 0.25) is 0 Å². The Kier molecular flexibility index (Phi) is 4.85. The van der Waals surface area contributed by atoms with Gasteiger partial charge in [-0.05, 0) is 32.7 Å². The first-order valence-electron chi connectivity index (χ1n) is 7.82. The molecule has 0 fully saturated rings. The van der Waals surface area contributed by atoms with Crippen LogP contribution in [0, 0.1) is 12.8 Å². The van der Waals surface area contributed by atoms with Gasteiger partial charge < -0.3 is 10.3 Å². The van der Waals surface area contributed by atoms with Crippen LogP contribution >= 0.6 is 0 Å². The molecule has 0 aliphatic rings. The molecule has 0 atom stereocenters. The maximum atomic E-state index is 12.7. The minimum Gasteiger partial charge on any atom is -0.330 e. The molecule has 0 unspecified atom stereocenters. The first kappa shape index (κ1) is 16.5. The summed E-state index contributed by atoms with van der Waals surface area (Å²) in [5.41, 5.74) is 6.03. The summed E-state index contributed by atoms with van der Waals surface area (Å²) < 4.78 is 4.79. The Morgan fingerprint density at radius 3 is 2.41 bits per heavy atom. The largest absolute Gasteiger partial charge is 0.332 e. The first-order valence-corrected chi connectivity index (χ1v) is 7.82. The van der Waals surface area contributed by atoms with Crippen LogP contribution < -0.4 is 17.0 Å². The molecule has 0 radical (unpaired) electrons. The topological polar surface area (TPSA) is 87.8 Å². The van der Waals surface area contributed by atoms with E-state index in [1.54, 1.807) is 4.57 Å². The van der Waals surface area contributed by atoms with Crippen molar-refractivity contribution in [1.82, 2.24) is 18.7 Å². The van der Waals surface area contributed by atoms with Crippen LogP contribution in [0.5, 0.6) is 0 Å². The Morgan fingerprint density at radius 1 is 1.18 bits per heavy atom. The smallest absolute Gasteiger partial charge is 0.330 e. The third-order valence-electron chi connectivity index (χ3n) is 3.76. The average Bonchev–Trinajstić information content (AvgIpc) is 2.78. The van der Waals surface area contributed by atoms with Crippen molar-refractivity contribution in [2.45, 2.75) is 53.8 Å². The van der Waals surface area contributed by atoms with Crippen LogP contribution in [-0.4, -0.2) is 25.2 Å². The lowest BCUT2D eigenvalue weighted by molar-refractivity contribution is 0.491. The number of imidazole rings is 1. The highest BCUT2D eigenvalue weighted by molar-refractivity contribution is 5.71. The Hall–Kier alpha value is -1.89. The van der Waals surface area contributed by atoms with Crippen LogP contribution in [0.3, 0.4) is 0 Å². The van der Waals surface area contributed by atoms with Crippen LogP contribution in [0.2, 0.25) is 0 Å². The highest BCUT2D eigenvalue weighted by atomic mass is 16.2. The Bertz CT molecular complexity index is 782. The molecule has 22 heavy (non-hydrogen) atoms. The van der Waals surface area contributed by atoms with Crippen LogP contribution in [0.1, 0.15) is 33.0 Å². The van der Waals surface area contributed by atoms with E-state index in [0.717, 1.165) is 12.2 Å². The predicted molar refractivity (Wildman–Crippen MR) is 87.2 cm³/mol. The molecule has 7 heteroatoms. The molecule has 2 heterocycles. The Labute approximate surface area is 129 Å². The summed E-state index contributed by atoms with van der Waals surface area (Å²) in [7, 11) is 0. The van der Waals surface area contributed by atoms with Gasteiger partial charge in [-0.1, -0.05) is 13.8 Å². The van der Waals surface area contributed by atoms with E-state index in [1.165, 1.54) is 4.57 Å².